The number of carboxylic acids is 3. The van der Waals surface area contributed by atoms with Crippen LogP contribution in [0.15, 0.2) is 142 Å². The number of thiocarbonyl (C=S) groups is 1. The largest absolute Gasteiger partial charge is 0.508 e. The Morgan fingerprint density at radius 1 is 0.716 bits per heavy atom. The van der Waals surface area contributed by atoms with Crippen LogP contribution in [0.1, 0.15) is 188 Å². The van der Waals surface area contributed by atoms with Gasteiger partial charge in [-0.3, -0.25) is 62.4 Å². The normalized spacial score (nSPS) is 14.8. The van der Waals surface area contributed by atoms with Crippen molar-refractivity contribution in [1.29, 1.82) is 0 Å². The van der Waals surface area contributed by atoms with Gasteiger partial charge in [-0.25, -0.2) is 19.3 Å². The molecule has 4 aliphatic rings. The summed E-state index contributed by atoms with van der Waals surface area (Å²) in [6, 6.07) is 30.0. The fourth-order valence-corrected chi connectivity index (χ4v) is 21.1. The van der Waals surface area contributed by atoms with E-state index in [9.17, 15) is 87.9 Å². The van der Waals surface area contributed by atoms with E-state index in [1.165, 1.54) is 53.8 Å². The summed E-state index contributed by atoms with van der Waals surface area (Å²) in [5, 5.41) is 76.0. The molecule has 148 heavy (non-hydrogen) atoms. The smallest absolute Gasteiger partial charge is 0.407 e. The maximum Gasteiger partial charge on any atom is 0.407 e. The lowest BCUT2D eigenvalue weighted by molar-refractivity contribution is -0.160. The Labute approximate surface area is 874 Å². The summed E-state index contributed by atoms with van der Waals surface area (Å²) in [5.74, 6) is -11.9. The van der Waals surface area contributed by atoms with Crippen molar-refractivity contribution in [2.45, 2.75) is 200 Å². The fourth-order valence-electron chi connectivity index (χ4n) is 17.8. The first-order valence-corrected chi connectivity index (χ1v) is 53.5. The SMILES string of the molecule is CCCC(=O)OCN(C(=O)[C@@H](CC(=O)[C@H]1CCCCN1C)C(C)CC)[C@H](C[C@@H](C)c1nc(C(=O)N[C@@H](Cc2ccc(O)cc2)C[C@H](C)C(=O)CNC(=O)OCCSSC[C@H](CC(=O)[C@H](CC(=O)O)NC(=O)[C@@H](N)CNC(=O)CCC(=O)N2Cc3ccccc3-c3c(nnn3CCOCCOCCOCCCC(=S)Nc3ccc(-c4c5ccc(=O)cc-5oc5cc(O)ccc45)c(C(=O)O)c3)-c3ccccc32)C(=O)O)cs1)C(C)C. The molecule has 0 spiro atoms. The summed E-state index contributed by atoms with van der Waals surface area (Å²) in [4.78, 5) is 198. The number of ether oxygens (including phenoxy) is 5. The van der Waals surface area contributed by atoms with Gasteiger partial charge in [0.25, 0.3) is 5.91 Å². The van der Waals surface area contributed by atoms with Crippen molar-refractivity contribution >= 4 is 149 Å². The highest BCUT2D eigenvalue weighted by molar-refractivity contribution is 8.76. The van der Waals surface area contributed by atoms with Gasteiger partial charge in [0, 0.05) is 144 Å². The number of phenols is 2. The number of aliphatic carboxylic acids is 2. The number of ketones is 3. The van der Waals surface area contributed by atoms with Gasteiger partial charge in [-0.05, 0) is 142 Å². The lowest BCUT2D eigenvalue weighted by Gasteiger charge is -2.39. The molecule has 794 valence electrons. The number of likely N-dealkylation sites (tertiary alicyclic amines) is 1. The molecule has 5 aromatic carbocycles. The zero-order valence-corrected chi connectivity index (χ0v) is 87.5. The van der Waals surface area contributed by atoms with Crippen LogP contribution >= 0.6 is 45.1 Å². The number of nitrogens with one attached hydrogen (secondary N) is 5. The number of likely N-dealkylation sites (N-methyl/N-ethyl adjacent to an activating group) is 1. The zero-order chi connectivity index (χ0) is 107. The number of hydrogen-bond donors (Lipinski definition) is 11. The second-order valence-corrected chi connectivity index (χ2v) is 41.4. The van der Waals surface area contributed by atoms with Crippen LogP contribution in [0.2, 0.25) is 0 Å². The van der Waals surface area contributed by atoms with Gasteiger partial charge in [0.2, 0.25) is 23.6 Å². The van der Waals surface area contributed by atoms with Crippen LogP contribution in [0, 0.1) is 29.6 Å². The number of nitrogens with two attached hydrogens (primary N) is 1. The third-order valence-electron chi connectivity index (χ3n) is 26.1. The number of aromatic hydroxyl groups is 2. The molecule has 0 radical (unpaired) electrons. The number of esters is 1. The highest BCUT2D eigenvalue weighted by Gasteiger charge is 2.41. The van der Waals surface area contributed by atoms with Gasteiger partial charge in [-0.1, -0.05) is 161 Å². The second kappa shape index (κ2) is 57.0. The van der Waals surface area contributed by atoms with Crippen LogP contribution in [0.5, 0.6) is 11.5 Å². The molecule has 38 nitrogen and oxygen atoms in total. The van der Waals surface area contributed by atoms with Crippen LogP contribution in [0.3, 0.4) is 0 Å². The molecule has 11 rings (SSSR count). The van der Waals surface area contributed by atoms with E-state index in [-0.39, 0.29) is 165 Å². The number of aromatic carboxylic acids is 1. The number of anilines is 2. The zero-order valence-electron chi connectivity index (χ0n) is 84.2. The lowest BCUT2D eigenvalue weighted by atomic mass is 9.82. The quantitative estimate of drug-likeness (QED) is 0.00421. The molecule has 1 saturated heterocycles. The number of phenolic OH excluding ortho intramolecular Hbond substituents is 2. The summed E-state index contributed by atoms with van der Waals surface area (Å²) in [6.07, 6.45) is 2.65. The topological polar surface area (TPSA) is 539 Å². The van der Waals surface area contributed by atoms with E-state index in [2.05, 4.69) is 41.8 Å². The molecular weight excluding hydrogens is 1980 g/mol. The summed E-state index contributed by atoms with van der Waals surface area (Å²) >= 11 is 6.89. The number of Topliss-reactive ketones (excluding diaryl/α,β-unsaturated/α-hetero) is 3. The molecule has 7 aromatic rings. The van der Waals surface area contributed by atoms with Crippen LogP contribution in [0.4, 0.5) is 16.2 Å². The number of thiazole rings is 1. The standard InChI is InChI=1S/C106H131N13O25S4/c1-9-18-96(130)143-61-118(103(133)79(63(5)10-2)54-88(124)85-23-15-16-37-116(85)8)86(62(3)4)48-65(7)102-113-83(60-146-102)101(132)111-70(49-66-25-28-71(120)29-26-66)47-64(6)89(125)57-109-106(138)142-45-46-147-148-59-68(104(134)135)50-87(123)82(55-95(128)129)112-100(131)81(107)56-108-92(126)35-36-94(127)117-58-67-19-11-12-20-74(67)99-98(76-21-13-14-22-84(76)117)114-115-119(99)38-40-140-42-44-141-43-41-139-39-17-24-93(145)110-69-27-32-75(80(51-69)105(136)137)97-77-33-30-72(121)52-90(77)144-91-53-73(122)31-34-78(91)97/h11-14,19-22,25-34,51-53,60,62-65,68,70,79,81-82,85-86,120-121H,9-10,15-18,23-24,35-50,54-59,61,107H2,1-8H3,(H,108,126)(H,109,138)(H,110,145)(H,111,132)(H,112,131)(H,128,129)(H,134,135)(H,136,137)/t63?,64-,65+,68-,70+,79-,81-,82-,85+,86+/m0/s1. The van der Waals surface area contributed by atoms with Crippen molar-refractivity contribution in [3.63, 3.8) is 0 Å². The van der Waals surface area contributed by atoms with Gasteiger partial charge in [0.05, 0.1) is 104 Å². The Hall–Kier alpha value is -12.9. The molecule has 5 heterocycles. The monoisotopic (exact) mass is 2110 g/mol. The van der Waals surface area contributed by atoms with Gasteiger partial charge in [-0.15, -0.1) is 16.4 Å². The third kappa shape index (κ3) is 33.3. The number of carbonyl (C=O) groups is 13. The first-order valence-electron chi connectivity index (χ1n) is 49.7. The summed E-state index contributed by atoms with van der Waals surface area (Å²) in [5.41, 5.74) is 12.7. The molecule has 12 N–H and O–H groups in total. The van der Waals surface area contributed by atoms with Gasteiger partial charge in [-0.2, -0.15) is 0 Å². The Balaban J connectivity index is 0.572. The average Bonchev–Trinajstić information content (AvgIpc) is 1.30. The number of carbonyl (C=O) groups excluding carboxylic acids is 10. The molecule has 1 fully saturated rings. The average molecular weight is 2120 g/mol. The minimum absolute atomic E-state index is 0.0193. The predicted octanol–water partition coefficient (Wildman–Crippen LogP) is 13.5. The number of alkyl carbamates (subject to hydrolysis) is 1. The Morgan fingerprint density at radius 3 is 2.15 bits per heavy atom. The summed E-state index contributed by atoms with van der Waals surface area (Å²) in [7, 11) is 4.07. The molecule has 42 heteroatoms. The first-order chi connectivity index (χ1) is 71.0. The van der Waals surface area contributed by atoms with Crippen molar-refractivity contribution in [3.8, 4) is 56.5 Å². The number of hydrogen-bond acceptors (Lipinski definition) is 31. The van der Waals surface area contributed by atoms with E-state index >= 15 is 4.79 Å². The van der Waals surface area contributed by atoms with E-state index < -0.39 is 133 Å². The van der Waals surface area contributed by atoms with Gasteiger partial charge in [0.15, 0.2) is 29.5 Å². The lowest BCUT2D eigenvalue weighted by Crippen LogP contribution is -2.53. The van der Waals surface area contributed by atoms with Gasteiger partial charge >= 0.3 is 30.0 Å². The van der Waals surface area contributed by atoms with Crippen LogP contribution < -0.4 is 42.6 Å². The van der Waals surface area contributed by atoms with E-state index in [1.54, 1.807) is 81.4 Å². The Morgan fingerprint density at radius 2 is 1.43 bits per heavy atom. The summed E-state index contributed by atoms with van der Waals surface area (Å²) in [6.45, 7) is 15.0. The van der Waals surface area contributed by atoms with Gasteiger partial charge < -0.3 is 95.8 Å². The summed E-state index contributed by atoms with van der Waals surface area (Å²) < 4.78 is 36.3. The molecular formula is C106H131N13O25S4. The van der Waals surface area contributed by atoms with Crippen molar-refractivity contribution in [3.05, 3.63) is 170 Å². The van der Waals surface area contributed by atoms with Crippen LogP contribution in [0.25, 0.3) is 55.9 Å². The predicted molar refractivity (Wildman–Crippen MR) is 564 cm³/mol. The fraction of sp³-hybridized carbons (Fsp3) is 0.472. The van der Waals surface area contributed by atoms with Crippen LogP contribution in [-0.4, -0.2) is 259 Å². The van der Waals surface area contributed by atoms with Crippen LogP contribution in [-0.2, 0) is 91.1 Å². The van der Waals surface area contributed by atoms with E-state index in [0.29, 0.717) is 119 Å². The number of benzene rings is 6. The molecule has 2 aromatic heterocycles. The number of nitrogens with zero attached hydrogens (tertiary/aromatic N) is 7. The number of piperidine rings is 1. The first kappa shape index (κ1) is 115. The third-order valence-corrected chi connectivity index (χ3v) is 29.9. The minimum Gasteiger partial charge on any atom is -0.508 e. The number of para-hydroxylation sites is 1. The maximum absolute atomic E-state index is 15.0. The molecule has 10 atom stereocenters. The molecule has 0 bridgehead atoms. The molecule has 6 amide bonds. The molecule has 1 unspecified atom stereocenters. The number of carboxylic acid groups (broad SMARTS) is 3. The minimum atomic E-state index is -1.72. The highest BCUT2D eigenvalue weighted by Crippen LogP contribution is 2.45. The van der Waals surface area contributed by atoms with Gasteiger partial charge in [0.1, 0.15) is 46.9 Å². The molecule has 0 saturated carbocycles. The number of fused-ring (bicyclic) bond motifs is 7. The molecule has 3 aliphatic heterocycles. The molecule has 1 aliphatic carbocycles. The van der Waals surface area contributed by atoms with E-state index in [4.69, 9.17) is 51.0 Å². The Bertz CT molecular complexity index is 6180. The maximum atomic E-state index is 15.0. The second-order valence-electron chi connectivity index (χ2n) is 37.4. The highest BCUT2D eigenvalue weighted by atomic mass is 33.1. The Kier molecular flexibility index (Phi) is 44.4. The van der Waals surface area contributed by atoms with Crippen molar-refractivity contribution in [2.24, 2.45) is 35.3 Å². The number of aromatic nitrogens is 4. The number of amides is 6. The van der Waals surface area contributed by atoms with E-state index in [0.717, 1.165) is 64.1 Å². The van der Waals surface area contributed by atoms with Crippen molar-refractivity contribution < 1.29 is 116 Å². The van der Waals surface area contributed by atoms with Crippen molar-refractivity contribution in [1.82, 2.24) is 51.0 Å². The van der Waals surface area contributed by atoms with E-state index in [1.807, 2.05) is 78.9 Å². The van der Waals surface area contributed by atoms with Crippen molar-refractivity contribution in [2.75, 3.05) is 101 Å². The number of rotatable bonds is 59.